The molecule has 0 spiro atoms. The Morgan fingerprint density at radius 3 is 2.59 bits per heavy atom. The molecule has 0 saturated heterocycles. The number of hydrogen-bond donors (Lipinski definition) is 0. The molecule has 0 aliphatic heterocycles. The van der Waals surface area contributed by atoms with Crippen molar-refractivity contribution in [2.75, 3.05) is 0 Å². The predicted molar refractivity (Wildman–Crippen MR) is 78.3 cm³/mol. The highest BCUT2D eigenvalue weighted by atomic mass is 19.1. The second-order valence-corrected chi connectivity index (χ2v) is 4.67. The number of ether oxygens (including phenoxy) is 1. The predicted octanol–water partition coefficient (Wildman–Crippen LogP) is 2.29. The molecule has 22 heavy (non-hydrogen) atoms. The molecule has 0 unspecified atom stereocenters. The third kappa shape index (κ3) is 2.46. The summed E-state index contributed by atoms with van der Waals surface area (Å²) in [5, 5.41) is 4.72. The van der Waals surface area contributed by atoms with E-state index in [9.17, 15) is 14.0 Å². The third-order valence-corrected chi connectivity index (χ3v) is 3.16. The van der Waals surface area contributed by atoms with E-state index in [-0.39, 0.29) is 17.0 Å². The first-order chi connectivity index (χ1) is 10.6. The van der Waals surface area contributed by atoms with Crippen LogP contribution in [0.1, 0.15) is 10.5 Å². The molecule has 5 nitrogen and oxygen atoms in total. The number of fused-ring (bicyclic) bond motifs is 1. The smallest absolute Gasteiger partial charge is 0.364 e. The standard InChI is InChI=1S/C16H11FN2O3/c1-19-15(20)13-8-3-2-7-12(13)14(18-19)16(21)22-11-6-4-5-10(17)9-11/h2-9H,1H3. The monoisotopic (exact) mass is 298 g/mol. The summed E-state index contributed by atoms with van der Waals surface area (Å²) in [6, 6.07) is 11.9. The van der Waals surface area contributed by atoms with Gasteiger partial charge >= 0.3 is 5.97 Å². The van der Waals surface area contributed by atoms with Crippen LogP contribution in [0.4, 0.5) is 4.39 Å². The van der Waals surface area contributed by atoms with Crippen molar-refractivity contribution >= 4 is 16.7 Å². The van der Waals surface area contributed by atoms with Crippen molar-refractivity contribution in [3.05, 3.63) is 70.4 Å². The number of carbonyl (C=O) groups excluding carboxylic acids is 1. The fraction of sp³-hybridized carbons (Fsp3) is 0.0625. The van der Waals surface area contributed by atoms with Crippen LogP contribution in [-0.4, -0.2) is 15.7 Å². The molecule has 0 amide bonds. The summed E-state index contributed by atoms with van der Waals surface area (Å²) in [6.07, 6.45) is 0. The first kappa shape index (κ1) is 13.9. The van der Waals surface area contributed by atoms with E-state index in [1.807, 2.05) is 0 Å². The minimum Gasteiger partial charge on any atom is -0.422 e. The molecule has 0 saturated carbocycles. The van der Waals surface area contributed by atoms with E-state index in [2.05, 4.69) is 5.10 Å². The van der Waals surface area contributed by atoms with Crippen molar-refractivity contribution in [1.29, 1.82) is 0 Å². The van der Waals surface area contributed by atoms with Crippen molar-refractivity contribution in [1.82, 2.24) is 9.78 Å². The van der Waals surface area contributed by atoms with E-state index in [1.165, 1.54) is 25.2 Å². The number of carbonyl (C=O) groups is 1. The van der Waals surface area contributed by atoms with Crippen LogP contribution in [0, 0.1) is 5.82 Å². The maximum absolute atomic E-state index is 13.1. The highest BCUT2D eigenvalue weighted by Crippen LogP contribution is 2.17. The number of halogens is 1. The van der Waals surface area contributed by atoms with Crippen molar-refractivity contribution in [2.24, 2.45) is 7.05 Å². The van der Waals surface area contributed by atoms with E-state index < -0.39 is 11.8 Å². The summed E-state index contributed by atoms with van der Waals surface area (Å²) >= 11 is 0. The largest absolute Gasteiger partial charge is 0.422 e. The van der Waals surface area contributed by atoms with Gasteiger partial charge in [0, 0.05) is 18.5 Å². The molecule has 0 atom stereocenters. The number of rotatable bonds is 2. The Kier molecular flexibility index (Phi) is 3.42. The van der Waals surface area contributed by atoms with Crippen molar-refractivity contribution < 1.29 is 13.9 Å². The minimum atomic E-state index is -0.752. The topological polar surface area (TPSA) is 61.2 Å². The number of nitrogens with zero attached hydrogens (tertiary/aromatic N) is 2. The normalized spacial score (nSPS) is 10.6. The van der Waals surface area contributed by atoms with Gasteiger partial charge in [-0.15, -0.1) is 0 Å². The van der Waals surface area contributed by atoms with Gasteiger partial charge < -0.3 is 4.74 Å². The summed E-state index contributed by atoms with van der Waals surface area (Å²) in [6.45, 7) is 0. The van der Waals surface area contributed by atoms with Crippen molar-refractivity contribution in [3.8, 4) is 5.75 Å². The van der Waals surface area contributed by atoms with Crippen LogP contribution in [0.25, 0.3) is 10.8 Å². The number of aryl methyl sites for hydroxylation is 1. The van der Waals surface area contributed by atoms with E-state index >= 15 is 0 Å². The second kappa shape index (κ2) is 5.40. The number of benzene rings is 2. The lowest BCUT2D eigenvalue weighted by atomic mass is 10.1. The molecule has 3 rings (SSSR count). The number of esters is 1. The lowest BCUT2D eigenvalue weighted by Crippen LogP contribution is -2.24. The second-order valence-electron chi connectivity index (χ2n) is 4.67. The van der Waals surface area contributed by atoms with Gasteiger partial charge in [-0.05, 0) is 18.2 Å². The Morgan fingerprint density at radius 1 is 1.14 bits per heavy atom. The summed E-state index contributed by atoms with van der Waals surface area (Å²) in [5.41, 5.74) is -0.306. The Balaban J connectivity index is 2.08. The molecule has 0 fully saturated rings. The zero-order valence-electron chi connectivity index (χ0n) is 11.6. The molecular formula is C16H11FN2O3. The lowest BCUT2D eigenvalue weighted by molar-refractivity contribution is 0.0728. The van der Waals surface area contributed by atoms with Crippen LogP contribution in [-0.2, 0) is 7.05 Å². The highest BCUT2D eigenvalue weighted by Gasteiger charge is 2.17. The third-order valence-electron chi connectivity index (χ3n) is 3.16. The fourth-order valence-corrected chi connectivity index (χ4v) is 2.14. The summed E-state index contributed by atoms with van der Waals surface area (Å²) in [5.74, 6) is -1.19. The van der Waals surface area contributed by atoms with E-state index in [4.69, 9.17) is 4.74 Å². The van der Waals surface area contributed by atoms with Gasteiger partial charge in [0.15, 0.2) is 5.69 Å². The van der Waals surface area contributed by atoms with Crippen LogP contribution in [0.5, 0.6) is 5.75 Å². The van der Waals surface area contributed by atoms with Gasteiger partial charge in [0.2, 0.25) is 0 Å². The zero-order chi connectivity index (χ0) is 15.7. The maximum Gasteiger partial charge on any atom is 0.364 e. The Bertz CT molecular complexity index is 934. The number of aromatic nitrogens is 2. The van der Waals surface area contributed by atoms with Crippen LogP contribution in [0.3, 0.4) is 0 Å². The average molecular weight is 298 g/mol. The van der Waals surface area contributed by atoms with Crippen LogP contribution >= 0.6 is 0 Å². The highest BCUT2D eigenvalue weighted by molar-refractivity contribution is 6.02. The van der Waals surface area contributed by atoms with E-state index in [0.29, 0.717) is 10.8 Å². The first-order valence-electron chi connectivity index (χ1n) is 6.50. The molecule has 110 valence electrons. The molecule has 6 heteroatoms. The van der Waals surface area contributed by atoms with Crippen LogP contribution < -0.4 is 10.3 Å². The molecule has 3 aromatic rings. The van der Waals surface area contributed by atoms with Gasteiger partial charge in [-0.3, -0.25) is 4.79 Å². The van der Waals surface area contributed by atoms with E-state index in [1.54, 1.807) is 24.3 Å². The van der Waals surface area contributed by atoms with Gasteiger partial charge in [0.25, 0.3) is 5.56 Å². The average Bonchev–Trinajstić information content (AvgIpc) is 2.51. The Hall–Kier alpha value is -3.02. The quantitative estimate of drug-likeness (QED) is 0.538. The van der Waals surface area contributed by atoms with E-state index in [0.717, 1.165) is 10.7 Å². The summed E-state index contributed by atoms with van der Waals surface area (Å²) < 4.78 is 19.3. The van der Waals surface area contributed by atoms with Gasteiger partial charge in [0.05, 0.1) is 5.39 Å². The van der Waals surface area contributed by atoms with Gasteiger partial charge in [-0.1, -0.05) is 24.3 Å². The zero-order valence-corrected chi connectivity index (χ0v) is 11.6. The van der Waals surface area contributed by atoms with Crippen molar-refractivity contribution in [2.45, 2.75) is 0 Å². The fourth-order valence-electron chi connectivity index (χ4n) is 2.14. The molecule has 2 aromatic carbocycles. The molecule has 0 radical (unpaired) electrons. The molecule has 1 heterocycles. The van der Waals surface area contributed by atoms with Crippen LogP contribution in [0.15, 0.2) is 53.3 Å². The Labute approximate surface area is 124 Å². The van der Waals surface area contributed by atoms with Gasteiger partial charge in [-0.2, -0.15) is 5.10 Å². The van der Waals surface area contributed by atoms with Gasteiger partial charge in [0.1, 0.15) is 11.6 Å². The maximum atomic E-state index is 13.1. The molecule has 0 N–H and O–H groups in total. The SMILES string of the molecule is Cn1nc(C(=O)Oc2cccc(F)c2)c2ccccc2c1=O. The molecule has 1 aromatic heterocycles. The Morgan fingerprint density at radius 2 is 1.86 bits per heavy atom. The molecular weight excluding hydrogens is 287 g/mol. The first-order valence-corrected chi connectivity index (χ1v) is 6.50. The van der Waals surface area contributed by atoms with Crippen molar-refractivity contribution in [3.63, 3.8) is 0 Å². The minimum absolute atomic E-state index is 0.00182. The summed E-state index contributed by atoms with van der Waals surface area (Å²) in [7, 11) is 1.45. The molecule has 0 bridgehead atoms. The van der Waals surface area contributed by atoms with Gasteiger partial charge in [-0.25, -0.2) is 13.9 Å². The molecule has 0 aliphatic rings. The molecule has 0 aliphatic carbocycles. The van der Waals surface area contributed by atoms with Crippen LogP contribution in [0.2, 0.25) is 0 Å². The summed E-state index contributed by atoms with van der Waals surface area (Å²) in [4.78, 5) is 24.3. The lowest BCUT2D eigenvalue weighted by Gasteiger charge is -2.08. The number of hydrogen-bond acceptors (Lipinski definition) is 4.